The van der Waals surface area contributed by atoms with Crippen molar-refractivity contribution in [3.8, 4) is 0 Å². The highest BCUT2D eigenvalue weighted by Crippen LogP contribution is 2.21. The van der Waals surface area contributed by atoms with Gasteiger partial charge in [-0.3, -0.25) is 9.79 Å². The van der Waals surface area contributed by atoms with Crippen LogP contribution in [0.3, 0.4) is 0 Å². The lowest BCUT2D eigenvalue weighted by Gasteiger charge is -2.23. The Morgan fingerprint density at radius 2 is 1.93 bits per heavy atom. The maximum Gasteiger partial charge on any atom is 0.253 e. The van der Waals surface area contributed by atoms with E-state index < -0.39 is 0 Å². The molecule has 0 bridgehead atoms. The maximum atomic E-state index is 12.1. The van der Waals surface area contributed by atoms with Crippen molar-refractivity contribution in [1.29, 1.82) is 0 Å². The molecule has 1 unspecified atom stereocenters. The van der Waals surface area contributed by atoms with Crippen LogP contribution in [0.5, 0.6) is 0 Å². The Balaban J connectivity index is 0.00000729. The van der Waals surface area contributed by atoms with Crippen LogP contribution in [0.15, 0.2) is 29.3 Å². The van der Waals surface area contributed by atoms with Crippen molar-refractivity contribution in [2.24, 2.45) is 10.4 Å². The third kappa shape index (κ3) is 10.9. The van der Waals surface area contributed by atoms with Gasteiger partial charge in [0.2, 0.25) is 0 Å². The first-order valence-electron chi connectivity index (χ1n) is 9.98. The summed E-state index contributed by atoms with van der Waals surface area (Å²) in [6, 6.07) is 8.19. The molecule has 0 fully saturated rings. The lowest BCUT2D eigenvalue weighted by atomic mass is 9.89. The average Bonchev–Trinajstić information content (AvgIpc) is 2.59. The highest BCUT2D eigenvalue weighted by Gasteiger charge is 2.13. The number of halogens is 1. The van der Waals surface area contributed by atoms with E-state index in [1.165, 1.54) is 6.42 Å². The summed E-state index contributed by atoms with van der Waals surface area (Å²) in [4.78, 5) is 18.4. The van der Waals surface area contributed by atoms with Crippen LogP contribution in [-0.4, -0.2) is 50.0 Å². The summed E-state index contributed by atoms with van der Waals surface area (Å²) in [5, 5.41) is 6.82. The van der Waals surface area contributed by atoms with E-state index in [0.29, 0.717) is 18.0 Å². The molecular weight excluding hydrogens is 463 g/mol. The molecule has 1 aromatic carbocycles. The molecule has 0 aliphatic heterocycles. The SMILES string of the molecule is CCNC(=NCCc1cccc(C(=O)N(C)C)c1)NC(C)CCC(C)(C)C.I. The fourth-order valence-electron chi connectivity index (χ4n) is 2.69. The second kappa shape index (κ2) is 13.0. The van der Waals surface area contributed by atoms with Crippen LogP contribution < -0.4 is 10.6 Å². The van der Waals surface area contributed by atoms with E-state index in [1.54, 1.807) is 19.0 Å². The van der Waals surface area contributed by atoms with Gasteiger partial charge in [-0.1, -0.05) is 32.9 Å². The van der Waals surface area contributed by atoms with Crippen molar-refractivity contribution < 1.29 is 4.79 Å². The number of guanidine groups is 1. The Morgan fingerprint density at radius 1 is 1.25 bits per heavy atom. The van der Waals surface area contributed by atoms with Crippen LogP contribution in [0.4, 0.5) is 0 Å². The predicted molar refractivity (Wildman–Crippen MR) is 131 cm³/mol. The zero-order valence-electron chi connectivity index (χ0n) is 18.6. The summed E-state index contributed by atoms with van der Waals surface area (Å²) >= 11 is 0. The number of carbonyl (C=O) groups excluding carboxylic acids is 1. The number of nitrogens with zero attached hydrogens (tertiary/aromatic N) is 2. The molecule has 0 aromatic heterocycles. The quantitative estimate of drug-likeness (QED) is 0.316. The Labute approximate surface area is 188 Å². The van der Waals surface area contributed by atoms with Gasteiger partial charge in [0, 0.05) is 38.8 Å². The first-order valence-corrected chi connectivity index (χ1v) is 9.98. The zero-order chi connectivity index (χ0) is 20.4. The number of amides is 1. The van der Waals surface area contributed by atoms with Crippen LogP contribution >= 0.6 is 24.0 Å². The molecule has 1 rings (SSSR count). The maximum absolute atomic E-state index is 12.1. The number of nitrogens with one attached hydrogen (secondary N) is 2. The van der Waals surface area contributed by atoms with Gasteiger partial charge in [0.05, 0.1) is 0 Å². The molecule has 28 heavy (non-hydrogen) atoms. The van der Waals surface area contributed by atoms with Crippen molar-refractivity contribution in [3.05, 3.63) is 35.4 Å². The summed E-state index contributed by atoms with van der Waals surface area (Å²) < 4.78 is 0. The second-order valence-corrected chi connectivity index (χ2v) is 8.56. The number of rotatable bonds is 8. The third-order valence-corrected chi connectivity index (χ3v) is 4.31. The molecule has 1 aromatic rings. The number of benzene rings is 1. The molecular formula is C22H39IN4O. The minimum atomic E-state index is 0. The van der Waals surface area contributed by atoms with Crippen LogP contribution in [0, 0.1) is 5.41 Å². The van der Waals surface area contributed by atoms with Crippen molar-refractivity contribution in [2.45, 2.75) is 59.9 Å². The van der Waals surface area contributed by atoms with E-state index in [4.69, 9.17) is 4.99 Å². The monoisotopic (exact) mass is 502 g/mol. The van der Waals surface area contributed by atoms with E-state index >= 15 is 0 Å². The molecule has 0 saturated carbocycles. The summed E-state index contributed by atoms with van der Waals surface area (Å²) in [6.07, 6.45) is 3.09. The summed E-state index contributed by atoms with van der Waals surface area (Å²) in [6.45, 7) is 12.6. The average molecular weight is 502 g/mol. The Bertz CT molecular complexity index is 623. The van der Waals surface area contributed by atoms with Gasteiger partial charge in [-0.25, -0.2) is 0 Å². The first-order chi connectivity index (χ1) is 12.6. The van der Waals surface area contributed by atoms with E-state index in [9.17, 15) is 4.79 Å². The minimum absolute atomic E-state index is 0. The summed E-state index contributed by atoms with van der Waals surface area (Å²) in [7, 11) is 3.54. The fraction of sp³-hybridized carbons (Fsp3) is 0.636. The van der Waals surface area contributed by atoms with Gasteiger partial charge in [0.15, 0.2) is 5.96 Å². The number of hydrogen-bond acceptors (Lipinski definition) is 2. The molecule has 5 nitrogen and oxygen atoms in total. The molecule has 6 heteroatoms. The van der Waals surface area contributed by atoms with Gasteiger partial charge in [-0.05, 0) is 56.2 Å². The van der Waals surface area contributed by atoms with Gasteiger partial charge in [0.25, 0.3) is 5.91 Å². The van der Waals surface area contributed by atoms with Crippen LogP contribution in [0.2, 0.25) is 0 Å². The highest BCUT2D eigenvalue weighted by molar-refractivity contribution is 14.0. The molecule has 0 spiro atoms. The van der Waals surface area contributed by atoms with E-state index in [-0.39, 0.29) is 29.9 Å². The highest BCUT2D eigenvalue weighted by atomic mass is 127. The van der Waals surface area contributed by atoms with E-state index in [0.717, 1.165) is 36.5 Å². The Kier molecular flexibility index (Phi) is 12.4. The van der Waals surface area contributed by atoms with Gasteiger partial charge in [0.1, 0.15) is 0 Å². The van der Waals surface area contributed by atoms with Gasteiger partial charge in [-0.15, -0.1) is 24.0 Å². The fourth-order valence-corrected chi connectivity index (χ4v) is 2.69. The molecule has 0 saturated heterocycles. The van der Waals surface area contributed by atoms with Crippen LogP contribution in [0.1, 0.15) is 63.4 Å². The number of carbonyl (C=O) groups is 1. The normalized spacial score (nSPS) is 12.8. The van der Waals surface area contributed by atoms with Gasteiger partial charge >= 0.3 is 0 Å². The molecule has 0 aliphatic rings. The Hall–Kier alpha value is -1.31. The minimum Gasteiger partial charge on any atom is -0.357 e. The van der Waals surface area contributed by atoms with Gasteiger partial charge in [-0.2, -0.15) is 0 Å². The van der Waals surface area contributed by atoms with E-state index in [1.807, 2.05) is 24.3 Å². The summed E-state index contributed by atoms with van der Waals surface area (Å²) in [5.41, 5.74) is 2.20. The lowest BCUT2D eigenvalue weighted by molar-refractivity contribution is 0.0827. The van der Waals surface area contributed by atoms with Crippen LogP contribution in [0.25, 0.3) is 0 Å². The molecule has 1 atom stereocenters. The standard InChI is InChI=1S/C22H38N4O.HI/c1-8-23-21(25-17(2)12-14-22(3,4)5)24-15-13-18-10-9-11-19(16-18)20(27)26(6)7;/h9-11,16-17H,8,12-15H2,1-7H3,(H2,23,24,25);1H. The van der Waals surface area contributed by atoms with Gasteiger partial charge < -0.3 is 15.5 Å². The molecule has 0 aliphatic carbocycles. The van der Waals surface area contributed by atoms with Crippen LogP contribution in [-0.2, 0) is 6.42 Å². The predicted octanol–water partition coefficient (Wildman–Crippen LogP) is 4.32. The molecule has 0 heterocycles. The largest absolute Gasteiger partial charge is 0.357 e. The third-order valence-electron chi connectivity index (χ3n) is 4.31. The van der Waals surface area contributed by atoms with Crippen molar-refractivity contribution in [1.82, 2.24) is 15.5 Å². The smallest absolute Gasteiger partial charge is 0.253 e. The zero-order valence-corrected chi connectivity index (χ0v) is 21.0. The van der Waals surface area contributed by atoms with Crippen molar-refractivity contribution >= 4 is 35.8 Å². The first kappa shape index (κ1) is 26.7. The second-order valence-electron chi connectivity index (χ2n) is 8.56. The molecule has 0 radical (unpaired) electrons. The topological polar surface area (TPSA) is 56.7 Å². The molecule has 160 valence electrons. The van der Waals surface area contributed by atoms with E-state index in [2.05, 4.69) is 45.3 Å². The van der Waals surface area contributed by atoms with Crippen molar-refractivity contribution in [3.63, 3.8) is 0 Å². The Morgan fingerprint density at radius 3 is 2.50 bits per heavy atom. The number of hydrogen-bond donors (Lipinski definition) is 2. The summed E-state index contributed by atoms with van der Waals surface area (Å²) in [5.74, 6) is 0.891. The number of aliphatic imine (C=N–C) groups is 1. The molecule has 1 amide bonds. The van der Waals surface area contributed by atoms with Crippen molar-refractivity contribution in [2.75, 3.05) is 27.2 Å². The lowest BCUT2D eigenvalue weighted by Crippen LogP contribution is -2.42. The molecule has 2 N–H and O–H groups in total.